The fourth-order valence-corrected chi connectivity index (χ4v) is 2.07. The number of nitrogens with zero attached hydrogens (tertiary/aromatic N) is 1. The minimum absolute atomic E-state index is 0.0659. The van der Waals surface area contributed by atoms with Crippen molar-refractivity contribution in [3.05, 3.63) is 12.7 Å². The number of ether oxygens (including phenoxy) is 1. The van der Waals surface area contributed by atoms with Crippen molar-refractivity contribution in [2.45, 2.75) is 38.6 Å². The van der Waals surface area contributed by atoms with Crippen LogP contribution in [-0.4, -0.2) is 36.6 Å². The van der Waals surface area contributed by atoms with Crippen molar-refractivity contribution in [2.24, 2.45) is 0 Å². The molecule has 15 heavy (non-hydrogen) atoms. The third-order valence-corrected chi connectivity index (χ3v) is 2.88. The SMILES string of the molecule is C=CC(=O)N1CCCCC1CCOCC. The first-order valence-corrected chi connectivity index (χ1v) is 5.80. The quantitative estimate of drug-likeness (QED) is 0.514. The van der Waals surface area contributed by atoms with Gasteiger partial charge in [-0.15, -0.1) is 0 Å². The summed E-state index contributed by atoms with van der Waals surface area (Å²) in [4.78, 5) is 13.5. The lowest BCUT2D eigenvalue weighted by atomic mass is 9.99. The van der Waals surface area contributed by atoms with Crippen LogP contribution < -0.4 is 0 Å². The average Bonchev–Trinajstić information content (AvgIpc) is 2.29. The number of hydrogen-bond donors (Lipinski definition) is 0. The fraction of sp³-hybridized carbons (Fsp3) is 0.750. The van der Waals surface area contributed by atoms with Crippen LogP contribution in [0.25, 0.3) is 0 Å². The van der Waals surface area contributed by atoms with Gasteiger partial charge in [-0.3, -0.25) is 4.79 Å². The van der Waals surface area contributed by atoms with Gasteiger partial charge in [0.2, 0.25) is 5.91 Å². The molecule has 1 saturated heterocycles. The molecule has 1 unspecified atom stereocenters. The van der Waals surface area contributed by atoms with Crippen LogP contribution >= 0.6 is 0 Å². The van der Waals surface area contributed by atoms with E-state index in [1.807, 2.05) is 11.8 Å². The minimum atomic E-state index is 0.0659. The summed E-state index contributed by atoms with van der Waals surface area (Å²) in [6.07, 6.45) is 5.81. The van der Waals surface area contributed by atoms with Crippen molar-refractivity contribution < 1.29 is 9.53 Å². The molecule has 3 heteroatoms. The van der Waals surface area contributed by atoms with E-state index in [0.29, 0.717) is 6.04 Å². The summed E-state index contributed by atoms with van der Waals surface area (Å²) in [6.45, 7) is 7.92. The summed E-state index contributed by atoms with van der Waals surface area (Å²) in [5, 5.41) is 0. The van der Waals surface area contributed by atoms with Gasteiger partial charge in [0, 0.05) is 25.8 Å². The highest BCUT2D eigenvalue weighted by atomic mass is 16.5. The standard InChI is InChI=1S/C12H21NO2/c1-3-12(14)13-9-6-5-7-11(13)8-10-15-4-2/h3,11H,1,4-10H2,2H3. The molecule has 3 nitrogen and oxygen atoms in total. The first-order chi connectivity index (χ1) is 7.29. The summed E-state index contributed by atoms with van der Waals surface area (Å²) in [6, 6.07) is 0.357. The second kappa shape index (κ2) is 6.62. The summed E-state index contributed by atoms with van der Waals surface area (Å²) in [5.74, 6) is 0.0659. The van der Waals surface area contributed by atoms with Crippen molar-refractivity contribution in [2.75, 3.05) is 19.8 Å². The molecule has 0 aromatic heterocycles. The molecule has 0 spiro atoms. The zero-order valence-corrected chi connectivity index (χ0v) is 9.58. The van der Waals surface area contributed by atoms with Crippen LogP contribution in [0, 0.1) is 0 Å². The molecule has 1 fully saturated rings. The summed E-state index contributed by atoms with van der Waals surface area (Å²) < 4.78 is 5.33. The number of piperidine rings is 1. The van der Waals surface area contributed by atoms with Gasteiger partial charge in [0.15, 0.2) is 0 Å². The molecular weight excluding hydrogens is 190 g/mol. The lowest BCUT2D eigenvalue weighted by Gasteiger charge is -2.35. The molecule has 0 aromatic carbocycles. The largest absolute Gasteiger partial charge is 0.382 e. The molecule has 0 N–H and O–H groups in total. The van der Waals surface area contributed by atoms with Crippen molar-refractivity contribution in [1.82, 2.24) is 4.90 Å². The van der Waals surface area contributed by atoms with E-state index in [-0.39, 0.29) is 5.91 Å². The van der Waals surface area contributed by atoms with Gasteiger partial charge in [0.05, 0.1) is 0 Å². The Bertz CT molecular complexity index is 216. The predicted molar refractivity (Wildman–Crippen MR) is 60.7 cm³/mol. The third kappa shape index (κ3) is 3.67. The van der Waals surface area contributed by atoms with E-state index in [9.17, 15) is 4.79 Å². The maximum absolute atomic E-state index is 11.6. The molecule has 0 aliphatic carbocycles. The van der Waals surface area contributed by atoms with E-state index in [1.54, 1.807) is 0 Å². The number of hydrogen-bond acceptors (Lipinski definition) is 2. The van der Waals surface area contributed by atoms with Gasteiger partial charge in [-0.2, -0.15) is 0 Å². The van der Waals surface area contributed by atoms with Gasteiger partial charge in [-0.25, -0.2) is 0 Å². The maximum Gasteiger partial charge on any atom is 0.246 e. The van der Waals surface area contributed by atoms with E-state index >= 15 is 0 Å². The smallest absolute Gasteiger partial charge is 0.246 e. The molecule has 1 aliphatic rings. The molecular formula is C12H21NO2. The van der Waals surface area contributed by atoms with Crippen LogP contribution in [0.15, 0.2) is 12.7 Å². The second-order valence-corrected chi connectivity index (χ2v) is 3.87. The maximum atomic E-state index is 11.6. The van der Waals surface area contributed by atoms with E-state index in [2.05, 4.69) is 6.58 Å². The third-order valence-electron chi connectivity index (χ3n) is 2.88. The van der Waals surface area contributed by atoms with Crippen LogP contribution in [0.1, 0.15) is 32.6 Å². The highest BCUT2D eigenvalue weighted by molar-refractivity contribution is 5.87. The van der Waals surface area contributed by atoms with Gasteiger partial charge in [0.1, 0.15) is 0 Å². The van der Waals surface area contributed by atoms with E-state index in [0.717, 1.165) is 39.0 Å². The van der Waals surface area contributed by atoms with Crippen molar-refractivity contribution in [3.63, 3.8) is 0 Å². The summed E-state index contributed by atoms with van der Waals surface area (Å²) in [5.41, 5.74) is 0. The Morgan fingerprint density at radius 3 is 3.07 bits per heavy atom. The molecule has 1 rings (SSSR count). The lowest BCUT2D eigenvalue weighted by Crippen LogP contribution is -2.43. The fourth-order valence-electron chi connectivity index (χ4n) is 2.07. The molecule has 1 heterocycles. The Balaban J connectivity index is 2.42. The van der Waals surface area contributed by atoms with Gasteiger partial charge in [0.25, 0.3) is 0 Å². The van der Waals surface area contributed by atoms with E-state index in [4.69, 9.17) is 4.74 Å². The van der Waals surface area contributed by atoms with Crippen LogP contribution in [0.2, 0.25) is 0 Å². The van der Waals surface area contributed by atoms with Crippen LogP contribution in [-0.2, 0) is 9.53 Å². The number of carbonyl (C=O) groups excluding carboxylic acids is 1. The number of rotatable bonds is 5. The first-order valence-electron chi connectivity index (χ1n) is 5.80. The molecule has 0 saturated carbocycles. The van der Waals surface area contributed by atoms with Gasteiger partial charge >= 0.3 is 0 Å². The first kappa shape index (κ1) is 12.2. The Hall–Kier alpha value is -0.830. The highest BCUT2D eigenvalue weighted by Gasteiger charge is 2.24. The van der Waals surface area contributed by atoms with Crippen molar-refractivity contribution >= 4 is 5.91 Å². The molecule has 0 radical (unpaired) electrons. The number of carbonyl (C=O) groups is 1. The highest BCUT2D eigenvalue weighted by Crippen LogP contribution is 2.19. The average molecular weight is 211 g/mol. The number of likely N-dealkylation sites (tertiary alicyclic amines) is 1. The molecule has 1 aliphatic heterocycles. The normalized spacial score (nSPS) is 21.4. The Kier molecular flexibility index (Phi) is 5.40. The van der Waals surface area contributed by atoms with Crippen LogP contribution in [0.3, 0.4) is 0 Å². The summed E-state index contributed by atoms with van der Waals surface area (Å²) in [7, 11) is 0. The van der Waals surface area contributed by atoms with Gasteiger partial charge < -0.3 is 9.64 Å². The van der Waals surface area contributed by atoms with Gasteiger partial charge in [-0.05, 0) is 38.7 Å². The topological polar surface area (TPSA) is 29.5 Å². The Morgan fingerprint density at radius 1 is 1.60 bits per heavy atom. The monoisotopic (exact) mass is 211 g/mol. The van der Waals surface area contributed by atoms with E-state index in [1.165, 1.54) is 12.5 Å². The summed E-state index contributed by atoms with van der Waals surface area (Å²) >= 11 is 0. The molecule has 0 bridgehead atoms. The Labute approximate surface area is 92.1 Å². The Morgan fingerprint density at radius 2 is 2.40 bits per heavy atom. The predicted octanol–water partition coefficient (Wildman–Crippen LogP) is 1.98. The minimum Gasteiger partial charge on any atom is -0.382 e. The lowest BCUT2D eigenvalue weighted by molar-refractivity contribution is -0.129. The van der Waals surface area contributed by atoms with Crippen LogP contribution in [0.5, 0.6) is 0 Å². The number of amides is 1. The molecule has 86 valence electrons. The van der Waals surface area contributed by atoms with E-state index < -0.39 is 0 Å². The zero-order chi connectivity index (χ0) is 11.1. The van der Waals surface area contributed by atoms with Crippen LogP contribution in [0.4, 0.5) is 0 Å². The molecule has 1 atom stereocenters. The molecule has 0 aromatic rings. The zero-order valence-electron chi connectivity index (χ0n) is 9.58. The van der Waals surface area contributed by atoms with Crippen molar-refractivity contribution in [1.29, 1.82) is 0 Å². The second-order valence-electron chi connectivity index (χ2n) is 3.87. The van der Waals surface area contributed by atoms with Gasteiger partial charge in [-0.1, -0.05) is 6.58 Å². The van der Waals surface area contributed by atoms with Crippen molar-refractivity contribution in [3.8, 4) is 0 Å². The molecule has 1 amide bonds.